The van der Waals surface area contributed by atoms with Gasteiger partial charge < -0.3 is 19.9 Å². The fourth-order valence-corrected chi connectivity index (χ4v) is 3.99. The van der Waals surface area contributed by atoms with Crippen molar-refractivity contribution in [2.75, 3.05) is 32.1 Å². The molecule has 2 aromatic rings. The fourth-order valence-electron chi connectivity index (χ4n) is 3.81. The number of carbonyl (C=O) groups is 2. The molecule has 1 aromatic carbocycles. The minimum absolute atomic E-state index is 0.0643. The smallest absolute Gasteiger partial charge is 0.322 e. The first-order chi connectivity index (χ1) is 14.8. The standard InChI is InChI=1S/C21H25ClFN5O3/c1-3-31-12-21(7-8-21)27(2)19(29)18-14-11-28(9-6-17(14)25-26-18)20(30)24-13-4-5-16(23)15(22)10-13/h4-5,10H,3,6-9,11-12H2,1-2H3,(H,24,30)(H,25,26). The third-order valence-corrected chi connectivity index (χ3v) is 6.30. The van der Waals surface area contributed by atoms with Gasteiger partial charge >= 0.3 is 6.03 Å². The molecule has 166 valence electrons. The summed E-state index contributed by atoms with van der Waals surface area (Å²) < 4.78 is 18.9. The van der Waals surface area contributed by atoms with E-state index in [0.29, 0.717) is 37.6 Å². The van der Waals surface area contributed by atoms with Crippen LogP contribution in [0.4, 0.5) is 14.9 Å². The van der Waals surface area contributed by atoms with Crippen molar-refractivity contribution in [3.63, 3.8) is 0 Å². The number of nitrogens with one attached hydrogen (secondary N) is 2. The van der Waals surface area contributed by atoms with Crippen molar-refractivity contribution in [3.8, 4) is 0 Å². The van der Waals surface area contributed by atoms with Crippen molar-refractivity contribution in [1.82, 2.24) is 20.0 Å². The second-order valence-corrected chi connectivity index (χ2v) is 8.39. The molecule has 0 radical (unpaired) electrons. The Balaban J connectivity index is 1.47. The average molecular weight is 450 g/mol. The van der Waals surface area contributed by atoms with Crippen LogP contribution in [0.25, 0.3) is 0 Å². The summed E-state index contributed by atoms with van der Waals surface area (Å²) >= 11 is 5.79. The Morgan fingerprint density at radius 2 is 2.19 bits per heavy atom. The monoisotopic (exact) mass is 449 g/mol. The number of aromatic nitrogens is 2. The summed E-state index contributed by atoms with van der Waals surface area (Å²) in [5.74, 6) is -0.704. The van der Waals surface area contributed by atoms with E-state index in [9.17, 15) is 14.0 Å². The van der Waals surface area contributed by atoms with Gasteiger partial charge in [0, 0.05) is 37.9 Å². The minimum Gasteiger partial charge on any atom is -0.379 e. The summed E-state index contributed by atoms with van der Waals surface area (Å²) in [6, 6.07) is 3.66. The Morgan fingerprint density at radius 3 is 2.87 bits per heavy atom. The van der Waals surface area contributed by atoms with Crippen LogP contribution in [0.5, 0.6) is 0 Å². The summed E-state index contributed by atoms with van der Waals surface area (Å²) in [4.78, 5) is 29.3. The third-order valence-electron chi connectivity index (χ3n) is 6.01. The van der Waals surface area contributed by atoms with Crippen LogP contribution in [0.3, 0.4) is 0 Å². The predicted molar refractivity (Wildman–Crippen MR) is 114 cm³/mol. The molecule has 1 aromatic heterocycles. The minimum atomic E-state index is -0.550. The molecule has 4 rings (SSSR count). The van der Waals surface area contributed by atoms with Gasteiger partial charge in [-0.1, -0.05) is 11.6 Å². The number of anilines is 1. The van der Waals surface area contributed by atoms with Crippen molar-refractivity contribution in [3.05, 3.63) is 46.0 Å². The zero-order valence-corrected chi connectivity index (χ0v) is 18.3. The van der Waals surface area contributed by atoms with Gasteiger partial charge in [0.1, 0.15) is 11.5 Å². The van der Waals surface area contributed by atoms with Gasteiger partial charge in [0.05, 0.1) is 29.4 Å². The molecule has 1 fully saturated rings. The molecule has 8 nitrogen and oxygen atoms in total. The van der Waals surface area contributed by atoms with E-state index < -0.39 is 5.82 Å². The number of urea groups is 1. The first-order valence-corrected chi connectivity index (χ1v) is 10.7. The number of aromatic amines is 1. The molecule has 1 saturated carbocycles. The molecule has 2 heterocycles. The van der Waals surface area contributed by atoms with Crippen molar-refractivity contribution < 1.29 is 18.7 Å². The van der Waals surface area contributed by atoms with Gasteiger partial charge in [-0.3, -0.25) is 9.89 Å². The van der Waals surface area contributed by atoms with Crippen LogP contribution in [0, 0.1) is 5.82 Å². The first kappa shape index (κ1) is 21.6. The summed E-state index contributed by atoms with van der Waals surface area (Å²) in [6.45, 7) is 3.75. The van der Waals surface area contributed by atoms with Crippen LogP contribution in [-0.4, -0.2) is 64.3 Å². The van der Waals surface area contributed by atoms with Gasteiger partial charge in [0.15, 0.2) is 0 Å². The molecule has 2 aliphatic rings. The number of benzene rings is 1. The molecule has 3 amide bonds. The predicted octanol–water partition coefficient (Wildman–Crippen LogP) is 3.43. The first-order valence-electron chi connectivity index (χ1n) is 10.3. The van der Waals surface area contributed by atoms with Crippen LogP contribution >= 0.6 is 11.6 Å². The Bertz CT molecular complexity index is 1010. The Hall–Kier alpha value is -2.65. The molecule has 0 atom stereocenters. The maximum Gasteiger partial charge on any atom is 0.322 e. The van der Waals surface area contributed by atoms with Crippen molar-refractivity contribution in [2.24, 2.45) is 0 Å². The van der Waals surface area contributed by atoms with E-state index in [1.807, 2.05) is 6.92 Å². The highest BCUT2D eigenvalue weighted by Gasteiger charge is 2.49. The van der Waals surface area contributed by atoms with Gasteiger partial charge in [-0.2, -0.15) is 5.10 Å². The van der Waals surface area contributed by atoms with E-state index in [1.54, 1.807) is 16.8 Å². The zero-order valence-electron chi connectivity index (χ0n) is 17.5. The van der Waals surface area contributed by atoms with Crippen molar-refractivity contribution in [2.45, 2.75) is 38.3 Å². The van der Waals surface area contributed by atoms with Gasteiger partial charge in [-0.25, -0.2) is 9.18 Å². The molecule has 0 unspecified atom stereocenters. The van der Waals surface area contributed by atoms with Gasteiger partial charge in [-0.15, -0.1) is 0 Å². The highest BCUT2D eigenvalue weighted by atomic mass is 35.5. The molecule has 0 spiro atoms. The van der Waals surface area contributed by atoms with Crippen LogP contribution in [0.15, 0.2) is 18.2 Å². The van der Waals surface area contributed by atoms with Crippen molar-refractivity contribution >= 4 is 29.2 Å². The number of nitrogens with zero attached hydrogens (tertiary/aromatic N) is 3. The van der Waals surface area contributed by atoms with Gasteiger partial charge in [0.2, 0.25) is 0 Å². The lowest BCUT2D eigenvalue weighted by atomic mass is 10.0. The highest BCUT2D eigenvalue weighted by Crippen LogP contribution is 2.42. The number of halogens is 2. The topological polar surface area (TPSA) is 90.6 Å². The number of likely N-dealkylation sites (N-methyl/N-ethyl adjacent to an activating group) is 1. The van der Waals surface area contributed by atoms with Gasteiger partial charge in [0.25, 0.3) is 5.91 Å². The maximum absolute atomic E-state index is 13.4. The van der Waals surface area contributed by atoms with E-state index in [0.717, 1.165) is 24.1 Å². The summed E-state index contributed by atoms with van der Waals surface area (Å²) in [6.07, 6.45) is 2.34. The lowest BCUT2D eigenvalue weighted by Crippen LogP contribution is -2.43. The Labute approximate surface area is 184 Å². The lowest BCUT2D eigenvalue weighted by Gasteiger charge is -2.30. The second-order valence-electron chi connectivity index (χ2n) is 7.98. The van der Waals surface area contributed by atoms with Crippen LogP contribution in [0.1, 0.15) is 41.5 Å². The number of H-pyrrole nitrogens is 1. The summed E-state index contributed by atoms with van der Waals surface area (Å²) in [7, 11) is 1.78. The molecule has 1 aliphatic carbocycles. The largest absolute Gasteiger partial charge is 0.379 e. The molecule has 0 bridgehead atoms. The summed E-state index contributed by atoms with van der Waals surface area (Å²) in [5, 5.41) is 9.84. The van der Waals surface area contributed by atoms with E-state index in [2.05, 4.69) is 15.5 Å². The number of hydrogen-bond donors (Lipinski definition) is 2. The van der Waals surface area contributed by atoms with Crippen LogP contribution in [0.2, 0.25) is 5.02 Å². The number of fused-ring (bicyclic) bond motifs is 1. The zero-order chi connectivity index (χ0) is 22.2. The van der Waals surface area contributed by atoms with Crippen LogP contribution in [-0.2, 0) is 17.7 Å². The fraction of sp³-hybridized carbons (Fsp3) is 0.476. The number of rotatable bonds is 6. The molecular formula is C21H25ClFN5O3. The Kier molecular flexibility index (Phi) is 5.90. The maximum atomic E-state index is 13.4. The number of amides is 3. The molecule has 2 N–H and O–H groups in total. The van der Waals surface area contributed by atoms with E-state index in [4.69, 9.17) is 16.3 Å². The SMILES string of the molecule is CCOCC1(N(C)C(=O)c2[nH]nc3c2CN(C(=O)Nc2ccc(F)c(Cl)c2)CC3)CC1. The molecule has 1 aliphatic heterocycles. The number of hydrogen-bond acceptors (Lipinski definition) is 4. The molecular weight excluding hydrogens is 425 g/mol. The van der Waals surface area contributed by atoms with E-state index in [1.165, 1.54) is 18.2 Å². The Morgan fingerprint density at radius 1 is 1.42 bits per heavy atom. The van der Waals surface area contributed by atoms with Crippen molar-refractivity contribution in [1.29, 1.82) is 0 Å². The quantitative estimate of drug-likeness (QED) is 0.706. The summed E-state index contributed by atoms with van der Waals surface area (Å²) in [5.41, 5.74) is 2.06. The van der Waals surface area contributed by atoms with E-state index >= 15 is 0 Å². The number of carbonyl (C=O) groups excluding carboxylic acids is 2. The number of ether oxygens (including phenoxy) is 1. The van der Waals surface area contributed by atoms with Crippen LogP contribution < -0.4 is 5.32 Å². The molecule has 10 heteroatoms. The molecule has 31 heavy (non-hydrogen) atoms. The molecule has 0 saturated heterocycles. The van der Waals surface area contributed by atoms with E-state index in [-0.39, 0.29) is 29.0 Å². The average Bonchev–Trinajstić information content (AvgIpc) is 3.44. The third kappa shape index (κ3) is 4.24. The highest BCUT2D eigenvalue weighted by molar-refractivity contribution is 6.31. The second kappa shape index (κ2) is 8.47. The van der Waals surface area contributed by atoms with Gasteiger partial charge in [-0.05, 0) is 38.0 Å². The lowest BCUT2D eigenvalue weighted by molar-refractivity contribution is 0.0457. The normalized spacial score (nSPS) is 16.6.